The third kappa shape index (κ3) is 3.42. The molecule has 0 atom stereocenters. The van der Waals surface area contributed by atoms with Crippen molar-refractivity contribution in [2.24, 2.45) is 5.16 Å². The smallest absolute Gasteiger partial charge is 0.162 e. The second-order valence-corrected chi connectivity index (χ2v) is 4.45. The van der Waals surface area contributed by atoms with Gasteiger partial charge in [-0.2, -0.15) is 0 Å². The highest BCUT2D eigenvalue weighted by Crippen LogP contribution is 2.33. The lowest BCUT2D eigenvalue weighted by atomic mass is 10.2. The zero-order chi connectivity index (χ0) is 14.4. The quantitative estimate of drug-likeness (QED) is 0.519. The minimum Gasteiger partial charge on any atom is -0.493 e. The van der Waals surface area contributed by atoms with Gasteiger partial charge >= 0.3 is 0 Å². The number of methoxy groups -OCH3 is 1. The highest BCUT2D eigenvalue weighted by molar-refractivity contribution is 6.33. The summed E-state index contributed by atoms with van der Waals surface area (Å²) in [4.78, 5) is 0. The number of hydrogen-bond acceptors (Lipinski definition) is 4. The number of oxime groups is 1. The monoisotopic (exact) mass is 291 g/mol. The van der Waals surface area contributed by atoms with E-state index in [4.69, 9.17) is 26.3 Å². The van der Waals surface area contributed by atoms with Crippen LogP contribution in [-0.2, 0) is 6.61 Å². The van der Waals surface area contributed by atoms with Crippen LogP contribution in [0.5, 0.6) is 11.5 Å². The molecule has 20 heavy (non-hydrogen) atoms. The average molecular weight is 292 g/mol. The van der Waals surface area contributed by atoms with Crippen LogP contribution >= 0.6 is 11.6 Å². The summed E-state index contributed by atoms with van der Waals surface area (Å²) in [6, 6.07) is 13.1. The van der Waals surface area contributed by atoms with Crippen LogP contribution in [0.2, 0.25) is 5.02 Å². The molecule has 0 saturated heterocycles. The van der Waals surface area contributed by atoms with Gasteiger partial charge in [0, 0.05) is 11.6 Å². The second-order valence-electron chi connectivity index (χ2n) is 4.04. The maximum atomic E-state index is 8.61. The zero-order valence-corrected chi connectivity index (χ0v) is 11.7. The van der Waals surface area contributed by atoms with Crippen molar-refractivity contribution in [1.29, 1.82) is 0 Å². The van der Waals surface area contributed by atoms with Crippen LogP contribution in [-0.4, -0.2) is 18.5 Å². The van der Waals surface area contributed by atoms with Gasteiger partial charge in [-0.1, -0.05) is 47.1 Å². The minimum absolute atomic E-state index is 0.411. The summed E-state index contributed by atoms with van der Waals surface area (Å²) in [5.41, 5.74) is 1.60. The lowest BCUT2D eigenvalue weighted by molar-refractivity contribution is 0.284. The number of ether oxygens (including phenoxy) is 2. The summed E-state index contributed by atoms with van der Waals surface area (Å²) in [6.07, 6.45) is 1.25. The Morgan fingerprint density at radius 3 is 2.60 bits per heavy atom. The van der Waals surface area contributed by atoms with Crippen molar-refractivity contribution < 1.29 is 14.7 Å². The molecule has 0 aromatic heterocycles. The van der Waals surface area contributed by atoms with E-state index in [0.717, 1.165) is 5.56 Å². The molecule has 4 nitrogen and oxygen atoms in total. The molecule has 0 spiro atoms. The Morgan fingerprint density at radius 1 is 1.20 bits per heavy atom. The van der Waals surface area contributed by atoms with E-state index in [1.54, 1.807) is 19.2 Å². The van der Waals surface area contributed by atoms with E-state index < -0.39 is 0 Å². The predicted octanol–water partition coefficient (Wildman–Crippen LogP) is 3.74. The summed E-state index contributed by atoms with van der Waals surface area (Å²) in [5.74, 6) is 1.07. The first-order valence-electron chi connectivity index (χ1n) is 5.96. The summed E-state index contributed by atoms with van der Waals surface area (Å²) in [6.45, 7) is 0.411. The second kappa shape index (κ2) is 6.82. The maximum Gasteiger partial charge on any atom is 0.162 e. The Balaban J connectivity index is 2.23. The van der Waals surface area contributed by atoms with Gasteiger partial charge in [0.05, 0.1) is 18.3 Å². The van der Waals surface area contributed by atoms with E-state index >= 15 is 0 Å². The van der Waals surface area contributed by atoms with Gasteiger partial charge in [-0.05, 0) is 11.6 Å². The van der Waals surface area contributed by atoms with E-state index in [1.165, 1.54) is 6.21 Å². The third-order valence-corrected chi connectivity index (χ3v) is 3.04. The standard InChI is InChI=1S/C15H14ClNO3/c1-19-14-8-13(16)12(9-17-18)7-15(14)20-10-11-5-3-2-4-6-11/h2-9,18H,10H2,1H3. The predicted molar refractivity (Wildman–Crippen MR) is 78.2 cm³/mol. The first-order chi connectivity index (χ1) is 9.74. The average Bonchev–Trinajstić information content (AvgIpc) is 2.48. The number of rotatable bonds is 5. The summed E-state index contributed by atoms with van der Waals surface area (Å²) in [7, 11) is 1.54. The number of hydrogen-bond donors (Lipinski definition) is 1. The molecule has 0 amide bonds. The maximum absolute atomic E-state index is 8.61. The van der Waals surface area contributed by atoms with Crippen LogP contribution < -0.4 is 9.47 Å². The van der Waals surface area contributed by atoms with Gasteiger partial charge in [0.2, 0.25) is 0 Å². The fourth-order valence-corrected chi connectivity index (χ4v) is 1.92. The molecule has 0 saturated carbocycles. The van der Waals surface area contributed by atoms with Crippen molar-refractivity contribution in [3.8, 4) is 11.5 Å². The number of benzene rings is 2. The first kappa shape index (κ1) is 14.2. The normalized spacial score (nSPS) is 10.7. The van der Waals surface area contributed by atoms with Crippen LogP contribution in [0.3, 0.4) is 0 Å². The van der Waals surface area contributed by atoms with Gasteiger partial charge in [-0.25, -0.2) is 0 Å². The molecule has 2 rings (SSSR count). The Labute approximate surface area is 122 Å². The minimum atomic E-state index is 0.411. The van der Waals surface area contributed by atoms with Crippen molar-refractivity contribution >= 4 is 17.8 Å². The van der Waals surface area contributed by atoms with Crippen LogP contribution in [0.4, 0.5) is 0 Å². The van der Waals surface area contributed by atoms with Crippen molar-refractivity contribution in [1.82, 2.24) is 0 Å². The van der Waals surface area contributed by atoms with Crippen LogP contribution in [0, 0.1) is 0 Å². The van der Waals surface area contributed by atoms with E-state index in [1.807, 2.05) is 30.3 Å². The van der Waals surface area contributed by atoms with Crippen molar-refractivity contribution in [3.63, 3.8) is 0 Å². The van der Waals surface area contributed by atoms with Gasteiger partial charge in [0.15, 0.2) is 11.5 Å². The van der Waals surface area contributed by atoms with Crippen LogP contribution in [0.25, 0.3) is 0 Å². The lowest BCUT2D eigenvalue weighted by Crippen LogP contribution is -1.99. The number of halogens is 1. The van der Waals surface area contributed by atoms with E-state index in [2.05, 4.69) is 5.16 Å². The molecule has 2 aromatic carbocycles. The largest absolute Gasteiger partial charge is 0.493 e. The SMILES string of the molecule is COc1cc(Cl)c(C=NO)cc1OCc1ccccc1. The van der Waals surface area contributed by atoms with Gasteiger partial charge in [0.1, 0.15) is 6.61 Å². The lowest BCUT2D eigenvalue weighted by Gasteiger charge is -2.12. The van der Waals surface area contributed by atoms with E-state index in [0.29, 0.717) is 28.7 Å². The Bertz CT molecular complexity index is 600. The van der Waals surface area contributed by atoms with Crippen molar-refractivity contribution in [2.75, 3.05) is 7.11 Å². The summed E-state index contributed by atoms with van der Waals surface area (Å²) >= 11 is 6.04. The topological polar surface area (TPSA) is 51.0 Å². The molecule has 104 valence electrons. The fraction of sp³-hybridized carbons (Fsp3) is 0.133. The molecule has 5 heteroatoms. The van der Waals surface area contributed by atoms with Gasteiger partial charge in [0.25, 0.3) is 0 Å². The Morgan fingerprint density at radius 2 is 1.95 bits per heavy atom. The molecule has 0 fully saturated rings. The summed E-state index contributed by atoms with van der Waals surface area (Å²) < 4.78 is 11.0. The van der Waals surface area contributed by atoms with E-state index in [-0.39, 0.29) is 0 Å². The molecule has 0 radical (unpaired) electrons. The molecular formula is C15H14ClNO3. The number of nitrogens with zero attached hydrogens (tertiary/aromatic N) is 1. The molecule has 0 aliphatic rings. The highest BCUT2D eigenvalue weighted by atomic mass is 35.5. The third-order valence-electron chi connectivity index (χ3n) is 2.72. The summed E-state index contributed by atoms with van der Waals surface area (Å²) in [5, 5.41) is 12.0. The van der Waals surface area contributed by atoms with E-state index in [9.17, 15) is 0 Å². The molecule has 0 aliphatic carbocycles. The Hall–Kier alpha value is -2.20. The van der Waals surface area contributed by atoms with Crippen molar-refractivity contribution in [3.05, 3.63) is 58.6 Å². The van der Waals surface area contributed by atoms with Crippen LogP contribution in [0.1, 0.15) is 11.1 Å². The first-order valence-corrected chi connectivity index (χ1v) is 6.34. The Kier molecular flexibility index (Phi) is 4.85. The van der Waals surface area contributed by atoms with Gasteiger partial charge in [-0.3, -0.25) is 0 Å². The molecule has 2 aromatic rings. The molecule has 1 N–H and O–H groups in total. The zero-order valence-electron chi connectivity index (χ0n) is 10.9. The fourth-order valence-electron chi connectivity index (χ4n) is 1.72. The van der Waals surface area contributed by atoms with Crippen LogP contribution in [0.15, 0.2) is 47.6 Å². The molecule has 0 heterocycles. The van der Waals surface area contributed by atoms with Gasteiger partial charge < -0.3 is 14.7 Å². The molecule has 0 bridgehead atoms. The van der Waals surface area contributed by atoms with Crippen molar-refractivity contribution in [2.45, 2.75) is 6.61 Å². The molecule has 0 aliphatic heterocycles. The molecule has 0 unspecified atom stereocenters. The molecular weight excluding hydrogens is 278 g/mol. The highest BCUT2D eigenvalue weighted by Gasteiger charge is 2.10. The van der Waals surface area contributed by atoms with Gasteiger partial charge in [-0.15, -0.1) is 0 Å².